The van der Waals surface area contributed by atoms with Gasteiger partial charge in [-0.05, 0) is 53.1 Å². The lowest BCUT2D eigenvalue weighted by Crippen LogP contribution is -2.50. The van der Waals surface area contributed by atoms with Gasteiger partial charge in [0.05, 0.1) is 11.9 Å². The molecule has 38 heavy (non-hydrogen) atoms. The minimum Gasteiger partial charge on any atom is -0.489 e. The number of benzene rings is 3. The fourth-order valence-corrected chi connectivity index (χ4v) is 4.08. The van der Waals surface area contributed by atoms with Gasteiger partial charge in [0.2, 0.25) is 0 Å². The summed E-state index contributed by atoms with van der Waals surface area (Å²) in [6, 6.07) is 15.7. The summed E-state index contributed by atoms with van der Waals surface area (Å²) in [6.07, 6.45) is 3.46. The molecule has 1 N–H and O–H groups in total. The maximum atomic E-state index is 13.5. The van der Waals surface area contributed by atoms with E-state index in [-0.39, 0.29) is 30.8 Å². The molecule has 0 fully saturated rings. The molecular formula is C28H24F2N4O4. The summed E-state index contributed by atoms with van der Waals surface area (Å²) in [5.74, 6) is -0.0740. The van der Waals surface area contributed by atoms with Crippen molar-refractivity contribution in [3.8, 4) is 11.5 Å². The molecule has 1 aromatic heterocycles. The molecule has 8 nitrogen and oxygen atoms in total. The van der Waals surface area contributed by atoms with Crippen molar-refractivity contribution in [3.05, 3.63) is 107 Å². The number of likely N-dealkylation sites (N-methyl/N-ethyl adjacent to an activating group) is 1. The first-order chi connectivity index (χ1) is 18.4. The lowest BCUT2D eigenvalue weighted by Gasteiger charge is -2.20. The van der Waals surface area contributed by atoms with Gasteiger partial charge in [-0.3, -0.25) is 4.79 Å². The number of carbonyl (C=O) groups excluding carboxylic acids is 2. The van der Waals surface area contributed by atoms with Crippen molar-refractivity contribution < 1.29 is 27.8 Å². The fraction of sp³-hybridized carbons (Fsp3) is 0.179. The molecule has 1 aliphatic rings. The topological polar surface area (TPSA) is 85.7 Å². The van der Waals surface area contributed by atoms with Gasteiger partial charge >= 0.3 is 6.03 Å². The maximum absolute atomic E-state index is 13.5. The number of halogens is 2. The average Bonchev–Trinajstić information content (AvgIpc) is 3.34. The molecule has 0 spiro atoms. The van der Waals surface area contributed by atoms with Crippen LogP contribution in [-0.4, -0.2) is 41.4 Å². The van der Waals surface area contributed by atoms with Crippen molar-refractivity contribution in [2.45, 2.75) is 19.1 Å². The summed E-state index contributed by atoms with van der Waals surface area (Å²) in [5, 5.41) is 6.74. The Labute approximate surface area is 217 Å². The third-order valence-corrected chi connectivity index (χ3v) is 6.08. The lowest BCUT2D eigenvalue weighted by molar-refractivity contribution is -0.120. The number of aromatic nitrogens is 2. The van der Waals surface area contributed by atoms with Crippen molar-refractivity contribution in [1.29, 1.82) is 0 Å². The average molecular weight is 519 g/mol. The Morgan fingerprint density at radius 2 is 1.87 bits per heavy atom. The van der Waals surface area contributed by atoms with Crippen LogP contribution < -0.4 is 19.7 Å². The largest absolute Gasteiger partial charge is 0.489 e. The Morgan fingerprint density at radius 1 is 1.05 bits per heavy atom. The second-order valence-corrected chi connectivity index (χ2v) is 8.85. The smallest absolute Gasteiger partial charge is 0.342 e. The molecule has 0 bridgehead atoms. The molecule has 2 heterocycles. The third-order valence-electron chi connectivity index (χ3n) is 6.08. The van der Waals surface area contributed by atoms with E-state index < -0.39 is 12.1 Å². The molecule has 3 aromatic carbocycles. The van der Waals surface area contributed by atoms with Crippen LogP contribution in [0.15, 0.2) is 79.1 Å². The molecule has 194 valence electrons. The van der Waals surface area contributed by atoms with Gasteiger partial charge in [0.25, 0.3) is 5.91 Å². The molecule has 5 rings (SSSR count). The van der Waals surface area contributed by atoms with Gasteiger partial charge in [-0.2, -0.15) is 9.78 Å². The fourth-order valence-electron chi connectivity index (χ4n) is 4.08. The summed E-state index contributed by atoms with van der Waals surface area (Å²) < 4.78 is 39.3. The second-order valence-electron chi connectivity index (χ2n) is 8.85. The van der Waals surface area contributed by atoms with Gasteiger partial charge in [-0.15, -0.1) is 0 Å². The molecule has 2 amide bonds. The molecule has 0 radical (unpaired) electrons. The van der Waals surface area contributed by atoms with Crippen LogP contribution in [-0.2, 0) is 17.8 Å². The monoisotopic (exact) mass is 518 g/mol. The summed E-state index contributed by atoms with van der Waals surface area (Å²) in [7, 11) is 1.59. The highest BCUT2D eigenvalue weighted by molar-refractivity contribution is 6.00. The van der Waals surface area contributed by atoms with E-state index in [0.29, 0.717) is 29.2 Å². The van der Waals surface area contributed by atoms with Crippen molar-refractivity contribution in [2.75, 3.05) is 18.6 Å². The van der Waals surface area contributed by atoms with E-state index in [2.05, 4.69) is 10.4 Å². The first-order valence-electron chi connectivity index (χ1n) is 11.9. The molecule has 10 heteroatoms. The van der Waals surface area contributed by atoms with Gasteiger partial charge in [0, 0.05) is 25.7 Å². The number of anilines is 1. The summed E-state index contributed by atoms with van der Waals surface area (Å²) in [5.41, 5.74) is 2.74. The Balaban J connectivity index is 1.23. The number of hydrogen-bond acceptors (Lipinski definition) is 5. The molecule has 0 aliphatic carbocycles. The number of carbonyl (C=O) groups is 2. The predicted molar refractivity (Wildman–Crippen MR) is 135 cm³/mol. The van der Waals surface area contributed by atoms with Crippen LogP contribution in [0.1, 0.15) is 16.7 Å². The van der Waals surface area contributed by atoms with Crippen LogP contribution >= 0.6 is 0 Å². The van der Waals surface area contributed by atoms with Crippen LogP contribution in [0.5, 0.6) is 11.5 Å². The summed E-state index contributed by atoms with van der Waals surface area (Å²) in [6.45, 7) is 0.149. The Kier molecular flexibility index (Phi) is 7.03. The molecule has 0 saturated carbocycles. The zero-order chi connectivity index (χ0) is 26.6. The van der Waals surface area contributed by atoms with Crippen molar-refractivity contribution in [2.24, 2.45) is 0 Å². The number of nitrogens with one attached hydrogen (secondary N) is 1. The summed E-state index contributed by atoms with van der Waals surface area (Å²) in [4.78, 5) is 27.4. The number of fused-ring (bicyclic) bond motifs is 1. The van der Waals surface area contributed by atoms with Gasteiger partial charge < -0.3 is 19.7 Å². The zero-order valence-electron chi connectivity index (χ0n) is 20.4. The van der Waals surface area contributed by atoms with Gasteiger partial charge in [0.1, 0.15) is 42.4 Å². The van der Waals surface area contributed by atoms with Crippen LogP contribution in [0, 0.1) is 11.6 Å². The van der Waals surface area contributed by atoms with Gasteiger partial charge in [-0.1, -0.05) is 24.3 Å². The lowest BCUT2D eigenvalue weighted by atomic mass is 10.1. The number of rotatable bonds is 6. The quantitative estimate of drug-likeness (QED) is 0.411. The minimum atomic E-state index is -0.959. The molecule has 1 atom stereocenters. The van der Waals surface area contributed by atoms with E-state index in [1.807, 2.05) is 0 Å². The van der Waals surface area contributed by atoms with Gasteiger partial charge in [-0.25, -0.2) is 13.6 Å². The molecule has 0 unspecified atom stereocenters. The Morgan fingerprint density at radius 3 is 2.66 bits per heavy atom. The number of hydrogen-bond donors (Lipinski definition) is 1. The molecule has 0 saturated heterocycles. The summed E-state index contributed by atoms with van der Waals surface area (Å²) >= 11 is 0. The highest BCUT2D eigenvalue weighted by atomic mass is 19.1. The molecular weight excluding hydrogens is 494 g/mol. The highest BCUT2D eigenvalue weighted by Gasteiger charge is 2.31. The molecule has 4 aromatic rings. The zero-order valence-corrected chi connectivity index (χ0v) is 20.4. The van der Waals surface area contributed by atoms with Crippen LogP contribution in [0.25, 0.3) is 0 Å². The number of amides is 2. The molecule has 1 aliphatic heterocycles. The van der Waals surface area contributed by atoms with Crippen LogP contribution in [0.4, 0.5) is 19.3 Å². The van der Waals surface area contributed by atoms with Gasteiger partial charge in [0.15, 0.2) is 0 Å². The Hall–Kier alpha value is -4.73. The van der Waals surface area contributed by atoms with Crippen molar-refractivity contribution in [1.82, 2.24) is 15.1 Å². The van der Waals surface area contributed by atoms with E-state index in [0.717, 1.165) is 15.8 Å². The van der Waals surface area contributed by atoms with E-state index in [1.54, 1.807) is 49.5 Å². The van der Waals surface area contributed by atoms with E-state index in [9.17, 15) is 18.4 Å². The highest BCUT2D eigenvalue weighted by Crippen LogP contribution is 2.34. The van der Waals surface area contributed by atoms with E-state index in [4.69, 9.17) is 9.47 Å². The van der Waals surface area contributed by atoms with Crippen molar-refractivity contribution in [3.63, 3.8) is 0 Å². The first kappa shape index (κ1) is 24.9. The third kappa shape index (κ3) is 5.64. The van der Waals surface area contributed by atoms with Crippen LogP contribution in [0.2, 0.25) is 0 Å². The Bertz CT molecular complexity index is 1470. The van der Waals surface area contributed by atoms with E-state index >= 15 is 0 Å². The SMILES string of the molecule is CN1C(=O)[C@@H](NC(=O)n2cc(Cc3cccc(F)c3)cn2)COc2ccc(OCc3ccc(F)cc3)cc21. The number of ether oxygens (including phenoxy) is 2. The number of nitrogens with zero attached hydrogens (tertiary/aromatic N) is 3. The minimum absolute atomic E-state index is 0.0743. The standard InChI is InChI=1S/C28H24F2N4O4/c1-33-25-13-23(37-16-18-5-7-21(29)8-6-18)9-10-26(25)38-17-24(27(33)35)32-28(36)34-15-20(14-31-34)11-19-3-2-4-22(30)12-19/h2-10,12-15,24H,11,16-17H2,1H3,(H,32,36)/t24-/m0/s1. The van der Waals surface area contributed by atoms with E-state index in [1.165, 1.54) is 41.6 Å². The second kappa shape index (κ2) is 10.7. The first-order valence-corrected chi connectivity index (χ1v) is 11.9. The van der Waals surface area contributed by atoms with Crippen molar-refractivity contribution >= 4 is 17.6 Å². The maximum Gasteiger partial charge on any atom is 0.342 e. The predicted octanol–water partition coefficient (Wildman–Crippen LogP) is 4.31. The van der Waals surface area contributed by atoms with Crippen LogP contribution in [0.3, 0.4) is 0 Å². The normalized spacial score (nSPS) is 14.9.